The molecular weight excluding hydrogens is 318 g/mol. The number of methoxy groups -OCH3 is 2. The molecule has 0 radical (unpaired) electrons. The van der Waals surface area contributed by atoms with Crippen LogP contribution in [0.2, 0.25) is 5.02 Å². The highest BCUT2D eigenvalue weighted by Gasteiger charge is 2.26. The van der Waals surface area contributed by atoms with Gasteiger partial charge in [0.1, 0.15) is 5.75 Å². The van der Waals surface area contributed by atoms with Gasteiger partial charge in [-0.05, 0) is 35.9 Å². The normalized spacial score (nSPS) is 13.3. The van der Waals surface area contributed by atoms with Gasteiger partial charge in [-0.25, -0.2) is 0 Å². The molecule has 0 saturated carbocycles. The maximum absolute atomic E-state index is 12.6. The van der Waals surface area contributed by atoms with E-state index < -0.39 is 0 Å². The van der Waals surface area contributed by atoms with E-state index in [1.54, 1.807) is 37.3 Å². The Morgan fingerprint density at radius 3 is 2.65 bits per heavy atom. The molecule has 2 aromatic carbocycles. The van der Waals surface area contributed by atoms with Gasteiger partial charge in [-0.3, -0.25) is 4.79 Å². The van der Waals surface area contributed by atoms with Crippen LogP contribution >= 0.6 is 11.6 Å². The maximum atomic E-state index is 12.6. The highest BCUT2D eigenvalue weighted by Crippen LogP contribution is 2.31. The molecule has 120 valence electrons. The van der Waals surface area contributed by atoms with E-state index in [0.29, 0.717) is 34.4 Å². The molecule has 0 spiro atoms. The lowest BCUT2D eigenvalue weighted by Crippen LogP contribution is -2.38. The highest BCUT2D eigenvalue weighted by atomic mass is 35.5. The number of carbonyl (C=O) groups excluding carboxylic acids is 1. The summed E-state index contributed by atoms with van der Waals surface area (Å²) in [6, 6.07) is 10.6. The van der Waals surface area contributed by atoms with Crippen molar-refractivity contribution in [1.82, 2.24) is 4.90 Å². The molecule has 1 heterocycles. The lowest BCUT2D eigenvalue weighted by atomic mass is 10.1. The summed E-state index contributed by atoms with van der Waals surface area (Å²) in [6.07, 6.45) is 0. The van der Waals surface area contributed by atoms with E-state index in [4.69, 9.17) is 25.8 Å². The third-order valence-electron chi connectivity index (χ3n) is 3.66. The van der Waals surface area contributed by atoms with Gasteiger partial charge in [-0.15, -0.1) is 0 Å². The molecule has 0 bridgehead atoms. The number of carbonyl (C=O) groups is 1. The highest BCUT2D eigenvalue weighted by molar-refractivity contribution is 6.31. The smallest absolute Gasteiger partial charge is 0.260 e. The van der Waals surface area contributed by atoms with Crippen LogP contribution in [0, 0.1) is 0 Å². The van der Waals surface area contributed by atoms with E-state index in [0.717, 1.165) is 5.56 Å². The number of hydrogen-bond acceptors (Lipinski definition) is 4. The summed E-state index contributed by atoms with van der Waals surface area (Å²) in [5.41, 5.74) is 1.40. The average molecular weight is 334 g/mol. The van der Waals surface area contributed by atoms with Crippen molar-refractivity contribution in [1.29, 1.82) is 0 Å². The van der Waals surface area contributed by atoms with Crippen molar-refractivity contribution in [2.24, 2.45) is 0 Å². The van der Waals surface area contributed by atoms with Crippen LogP contribution < -0.4 is 14.2 Å². The van der Waals surface area contributed by atoms with Crippen molar-refractivity contribution >= 4 is 17.5 Å². The summed E-state index contributed by atoms with van der Waals surface area (Å²) in [5.74, 6) is 1.72. The van der Waals surface area contributed by atoms with Crippen molar-refractivity contribution in [3.05, 3.63) is 52.5 Å². The number of amides is 1. The van der Waals surface area contributed by atoms with E-state index in [2.05, 4.69) is 0 Å². The van der Waals surface area contributed by atoms with E-state index in [1.165, 1.54) is 0 Å². The fourth-order valence-electron chi connectivity index (χ4n) is 2.49. The first-order valence-corrected chi connectivity index (χ1v) is 7.42. The number of nitrogens with zero attached hydrogens (tertiary/aromatic N) is 1. The maximum Gasteiger partial charge on any atom is 0.260 e. The minimum absolute atomic E-state index is 0.108. The minimum Gasteiger partial charge on any atom is -0.493 e. The van der Waals surface area contributed by atoms with Crippen LogP contribution in [0.15, 0.2) is 36.4 Å². The van der Waals surface area contributed by atoms with Crippen LogP contribution in [-0.2, 0) is 6.54 Å². The van der Waals surface area contributed by atoms with Crippen molar-refractivity contribution in [3.8, 4) is 17.2 Å². The van der Waals surface area contributed by atoms with Gasteiger partial charge >= 0.3 is 0 Å². The zero-order valence-electron chi connectivity index (χ0n) is 12.8. The molecule has 0 saturated heterocycles. The van der Waals surface area contributed by atoms with Crippen molar-refractivity contribution in [2.45, 2.75) is 6.54 Å². The molecule has 0 unspecified atom stereocenters. The number of fused-ring (bicyclic) bond motifs is 1. The van der Waals surface area contributed by atoms with Gasteiger partial charge < -0.3 is 19.1 Å². The van der Waals surface area contributed by atoms with Crippen molar-refractivity contribution < 1.29 is 19.0 Å². The Labute approximate surface area is 139 Å². The van der Waals surface area contributed by atoms with Gasteiger partial charge in [0.05, 0.1) is 19.8 Å². The molecule has 1 aliphatic rings. The van der Waals surface area contributed by atoms with Crippen molar-refractivity contribution in [3.63, 3.8) is 0 Å². The number of halogens is 1. The number of rotatable bonds is 4. The SMILES string of the molecule is COc1ccc(CN2COc3ccc(Cl)cc3C2=O)cc1OC. The molecular formula is C17H16ClNO4. The molecule has 0 N–H and O–H groups in total. The summed E-state index contributed by atoms with van der Waals surface area (Å²) >= 11 is 5.97. The summed E-state index contributed by atoms with van der Waals surface area (Å²) in [6.45, 7) is 0.604. The first-order chi connectivity index (χ1) is 11.1. The van der Waals surface area contributed by atoms with Gasteiger partial charge in [-0.1, -0.05) is 17.7 Å². The fourth-order valence-corrected chi connectivity index (χ4v) is 2.66. The van der Waals surface area contributed by atoms with Crippen molar-refractivity contribution in [2.75, 3.05) is 21.0 Å². The second-order valence-electron chi connectivity index (χ2n) is 5.11. The third-order valence-corrected chi connectivity index (χ3v) is 3.89. The van der Waals surface area contributed by atoms with E-state index >= 15 is 0 Å². The number of hydrogen-bond donors (Lipinski definition) is 0. The zero-order chi connectivity index (χ0) is 16.4. The fraction of sp³-hybridized carbons (Fsp3) is 0.235. The predicted molar refractivity (Wildman–Crippen MR) is 86.4 cm³/mol. The molecule has 1 amide bonds. The Morgan fingerprint density at radius 2 is 1.91 bits per heavy atom. The van der Waals surface area contributed by atoms with Gasteiger partial charge in [0, 0.05) is 11.6 Å². The Hall–Kier alpha value is -2.40. The van der Waals surface area contributed by atoms with Gasteiger partial charge in [0.15, 0.2) is 18.2 Å². The van der Waals surface area contributed by atoms with Crippen LogP contribution in [-0.4, -0.2) is 31.8 Å². The topological polar surface area (TPSA) is 48.0 Å². The molecule has 6 heteroatoms. The first-order valence-electron chi connectivity index (χ1n) is 7.05. The largest absolute Gasteiger partial charge is 0.493 e. The molecule has 0 fully saturated rings. The summed E-state index contributed by atoms with van der Waals surface area (Å²) in [4.78, 5) is 14.2. The molecule has 1 aliphatic heterocycles. The standard InChI is InChI=1S/C17H16ClNO4/c1-21-15-5-3-11(7-16(15)22-2)9-19-10-23-14-6-4-12(18)8-13(14)17(19)20/h3-8H,9-10H2,1-2H3. The zero-order valence-corrected chi connectivity index (χ0v) is 13.6. The van der Waals surface area contributed by atoms with Crippen LogP contribution in [0.3, 0.4) is 0 Å². The van der Waals surface area contributed by atoms with Crippen LogP contribution in [0.5, 0.6) is 17.2 Å². The predicted octanol–water partition coefficient (Wildman–Crippen LogP) is 3.35. The Morgan fingerprint density at radius 1 is 1.13 bits per heavy atom. The second-order valence-corrected chi connectivity index (χ2v) is 5.54. The second kappa shape index (κ2) is 6.38. The molecule has 23 heavy (non-hydrogen) atoms. The Kier molecular flexibility index (Phi) is 4.30. The number of benzene rings is 2. The van der Waals surface area contributed by atoms with Crippen LogP contribution in [0.25, 0.3) is 0 Å². The lowest BCUT2D eigenvalue weighted by Gasteiger charge is -2.29. The van der Waals surface area contributed by atoms with Gasteiger partial charge in [-0.2, -0.15) is 0 Å². The minimum atomic E-state index is -0.108. The lowest BCUT2D eigenvalue weighted by molar-refractivity contribution is 0.0498. The number of ether oxygens (including phenoxy) is 3. The molecule has 0 atom stereocenters. The van der Waals surface area contributed by atoms with E-state index in [1.807, 2.05) is 18.2 Å². The Balaban J connectivity index is 1.83. The molecule has 5 nitrogen and oxygen atoms in total. The summed E-state index contributed by atoms with van der Waals surface area (Å²) in [7, 11) is 3.16. The molecule has 0 aromatic heterocycles. The van der Waals surface area contributed by atoms with E-state index in [9.17, 15) is 4.79 Å². The Bertz CT molecular complexity index is 747. The van der Waals surface area contributed by atoms with Gasteiger partial charge in [0.25, 0.3) is 5.91 Å². The van der Waals surface area contributed by atoms with Crippen LogP contribution in [0.4, 0.5) is 0 Å². The monoisotopic (exact) mass is 333 g/mol. The molecule has 0 aliphatic carbocycles. The molecule has 2 aromatic rings. The summed E-state index contributed by atoms with van der Waals surface area (Å²) < 4.78 is 16.1. The summed E-state index contributed by atoms with van der Waals surface area (Å²) in [5, 5.41) is 0.508. The molecule has 3 rings (SSSR count). The van der Waals surface area contributed by atoms with Gasteiger partial charge in [0.2, 0.25) is 0 Å². The van der Waals surface area contributed by atoms with E-state index in [-0.39, 0.29) is 12.6 Å². The third kappa shape index (κ3) is 3.05. The van der Waals surface area contributed by atoms with Crippen LogP contribution in [0.1, 0.15) is 15.9 Å². The average Bonchev–Trinajstić information content (AvgIpc) is 2.57. The first kappa shape index (κ1) is 15.5. The quantitative estimate of drug-likeness (QED) is 0.861.